The van der Waals surface area contributed by atoms with E-state index in [1.54, 1.807) is 6.20 Å². The molecule has 0 aromatic carbocycles. The molecule has 0 saturated heterocycles. The van der Waals surface area contributed by atoms with Crippen molar-refractivity contribution >= 4 is 0 Å². The normalized spacial score (nSPS) is 25.8. The van der Waals surface area contributed by atoms with Crippen LogP contribution in [0.3, 0.4) is 0 Å². The highest BCUT2D eigenvalue weighted by Gasteiger charge is 2.46. The van der Waals surface area contributed by atoms with Gasteiger partial charge in [-0.2, -0.15) is 0 Å². The quantitative estimate of drug-likeness (QED) is 0.720. The number of aromatic nitrogens is 1. The second kappa shape index (κ2) is 1.91. The molecule has 2 aliphatic carbocycles. The fraction of sp³-hybridized carbons (Fsp3) is 0.667. The molecule has 3 heteroatoms. The van der Waals surface area contributed by atoms with Gasteiger partial charge in [0.2, 0.25) is 0 Å². The molecule has 0 bridgehead atoms. The molecule has 64 valence electrons. The summed E-state index contributed by atoms with van der Waals surface area (Å²) in [5, 5.41) is 3.83. The summed E-state index contributed by atoms with van der Waals surface area (Å²) in [5.41, 5.74) is 7.18. The Kier molecular flexibility index (Phi) is 1.06. The van der Waals surface area contributed by atoms with E-state index in [0.29, 0.717) is 5.92 Å². The van der Waals surface area contributed by atoms with E-state index >= 15 is 0 Å². The highest BCUT2D eigenvalue weighted by atomic mass is 16.5. The maximum atomic E-state index is 6.08. The van der Waals surface area contributed by atoms with Crippen molar-refractivity contribution < 1.29 is 4.52 Å². The number of nitrogens with zero attached hydrogens (tertiary/aromatic N) is 1. The van der Waals surface area contributed by atoms with Crippen molar-refractivity contribution in [2.75, 3.05) is 0 Å². The van der Waals surface area contributed by atoms with Crippen LogP contribution in [0.1, 0.15) is 42.9 Å². The topological polar surface area (TPSA) is 52.0 Å². The molecule has 1 heterocycles. The van der Waals surface area contributed by atoms with Gasteiger partial charge in [-0.1, -0.05) is 5.16 Å². The Hall–Kier alpha value is -0.830. The molecule has 2 aliphatic rings. The summed E-state index contributed by atoms with van der Waals surface area (Å²) < 4.78 is 5.23. The van der Waals surface area contributed by atoms with Crippen molar-refractivity contribution in [3.8, 4) is 0 Å². The van der Waals surface area contributed by atoms with Crippen LogP contribution in [-0.2, 0) is 5.54 Å². The summed E-state index contributed by atoms with van der Waals surface area (Å²) in [6.45, 7) is 0. The minimum Gasteiger partial charge on any atom is -0.361 e. The fourth-order valence-corrected chi connectivity index (χ4v) is 1.67. The number of hydrogen-bond acceptors (Lipinski definition) is 3. The summed E-state index contributed by atoms with van der Waals surface area (Å²) in [6, 6.07) is 0. The van der Waals surface area contributed by atoms with Gasteiger partial charge in [-0.15, -0.1) is 0 Å². The largest absolute Gasteiger partial charge is 0.361 e. The van der Waals surface area contributed by atoms with Crippen molar-refractivity contribution in [1.82, 2.24) is 5.16 Å². The SMILES string of the molecule is NC1(c2cnoc2C2CC2)CC1. The molecular formula is C9H12N2O. The van der Waals surface area contributed by atoms with E-state index in [2.05, 4.69) is 5.16 Å². The molecule has 0 aliphatic heterocycles. The average Bonchev–Trinajstić information content (AvgIpc) is 2.97. The van der Waals surface area contributed by atoms with Gasteiger partial charge >= 0.3 is 0 Å². The lowest BCUT2D eigenvalue weighted by Crippen LogP contribution is -2.19. The summed E-state index contributed by atoms with van der Waals surface area (Å²) in [7, 11) is 0. The van der Waals surface area contributed by atoms with E-state index in [-0.39, 0.29) is 5.54 Å². The standard InChI is InChI=1S/C9H12N2O/c10-9(3-4-9)7-5-11-12-8(7)6-1-2-6/h5-6H,1-4,10H2. The van der Waals surface area contributed by atoms with Gasteiger partial charge in [-0.05, 0) is 25.7 Å². The maximum Gasteiger partial charge on any atom is 0.144 e. The van der Waals surface area contributed by atoms with Gasteiger partial charge in [-0.25, -0.2) is 0 Å². The van der Waals surface area contributed by atoms with E-state index < -0.39 is 0 Å². The minimum atomic E-state index is -0.0715. The predicted molar refractivity (Wildman–Crippen MR) is 43.6 cm³/mol. The zero-order valence-corrected chi connectivity index (χ0v) is 6.92. The summed E-state index contributed by atoms with van der Waals surface area (Å²) in [5.74, 6) is 1.69. The molecule has 3 rings (SSSR count). The molecular weight excluding hydrogens is 152 g/mol. The van der Waals surface area contributed by atoms with Crippen LogP contribution in [0.25, 0.3) is 0 Å². The maximum absolute atomic E-state index is 6.08. The van der Waals surface area contributed by atoms with Gasteiger partial charge in [0.25, 0.3) is 0 Å². The van der Waals surface area contributed by atoms with Gasteiger partial charge in [0.1, 0.15) is 5.76 Å². The van der Waals surface area contributed by atoms with Gasteiger partial charge in [0, 0.05) is 17.0 Å². The molecule has 2 saturated carbocycles. The highest BCUT2D eigenvalue weighted by molar-refractivity contribution is 5.33. The zero-order valence-electron chi connectivity index (χ0n) is 6.92. The van der Waals surface area contributed by atoms with Crippen LogP contribution in [0.5, 0.6) is 0 Å². The lowest BCUT2D eigenvalue weighted by Gasteiger charge is -2.05. The molecule has 12 heavy (non-hydrogen) atoms. The Labute approximate surface area is 70.9 Å². The van der Waals surface area contributed by atoms with E-state index in [0.717, 1.165) is 18.6 Å². The first-order valence-electron chi connectivity index (χ1n) is 4.53. The lowest BCUT2D eigenvalue weighted by atomic mass is 10.1. The van der Waals surface area contributed by atoms with Crippen LogP contribution in [0.4, 0.5) is 0 Å². The molecule has 0 atom stereocenters. The van der Waals surface area contributed by atoms with Crippen LogP contribution < -0.4 is 5.73 Å². The first kappa shape index (κ1) is 6.66. The number of hydrogen-bond donors (Lipinski definition) is 1. The third-order valence-corrected chi connectivity index (χ3v) is 2.87. The lowest BCUT2D eigenvalue weighted by molar-refractivity contribution is 0.381. The second-order valence-corrected chi connectivity index (χ2v) is 4.03. The van der Waals surface area contributed by atoms with Crippen LogP contribution in [0.15, 0.2) is 10.7 Å². The Morgan fingerprint density at radius 2 is 2.25 bits per heavy atom. The molecule has 0 spiro atoms. The first-order chi connectivity index (χ1) is 5.80. The van der Waals surface area contributed by atoms with Crippen LogP contribution in [0.2, 0.25) is 0 Å². The summed E-state index contributed by atoms with van der Waals surface area (Å²) >= 11 is 0. The predicted octanol–water partition coefficient (Wildman–Crippen LogP) is 1.50. The fourth-order valence-electron chi connectivity index (χ4n) is 1.67. The average molecular weight is 164 g/mol. The van der Waals surface area contributed by atoms with Crippen LogP contribution in [-0.4, -0.2) is 5.16 Å². The Balaban J connectivity index is 2.02. The van der Waals surface area contributed by atoms with Crippen molar-refractivity contribution in [3.05, 3.63) is 17.5 Å². The smallest absolute Gasteiger partial charge is 0.144 e. The summed E-state index contributed by atoms with van der Waals surface area (Å²) in [4.78, 5) is 0. The van der Waals surface area contributed by atoms with Crippen molar-refractivity contribution in [3.63, 3.8) is 0 Å². The van der Waals surface area contributed by atoms with Gasteiger partial charge < -0.3 is 10.3 Å². The van der Waals surface area contributed by atoms with Crippen molar-refractivity contribution in [2.45, 2.75) is 37.1 Å². The second-order valence-electron chi connectivity index (χ2n) is 4.03. The number of nitrogens with two attached hydrogens (primary N) is 1. The molecule has 0 amide bonds. The van der Waals surface area contributed by atoms with E-state index in [9.17, 15) is 0 Å². The minimum absolute atomic E-state index is 0.0715. The van der Waals surface area contributed by atoms with Crippen molar-refractivity contribution in [2.24, 2.45) is 5.73 Å². The van der Waals surface area contributed by atoms with E-state index in [4.69, 9.17) is 10.3 Å². The van der Waals surface area contributed by atoms with Crippen LogP contribution in [0, 0.1) is 0 Å². The van der Waals surface area contributed by atoms with E-state index in [1.807, 2.05) is 0 Å². The highest BCUT2D eigenvalue weighted by Crippen LogP contribution is 2.50. The van der Waals surface area contributed by atoms with E-state index in [1.165, 1.54) is 18.4 Å². The third-order valence-electron chi connectivity index (χ3n) is 2.87. The molecule has 3 nitrogen and oxygen atoms in total. The van der Waals surface area contributed by atoms with Gasteiger partial charge in [0.05, 0.1) is 6.20 Å². The van der Waals surface area contributed by atoms with Gasteiger partial charge in [-0.3, -0.25) is 0 Å². The molecule has 0 unspecified atom stereocenters. The Bertz CT molecular complexity index is 310. The first-order valence-corrected chi connectivity index (χ1v) is 4.53. The molecule has 0 radical (unpaired) electrons. The summed E-state index contributed by atoms with van der Waals surface area (Å²) in [6.07, 6.45) is 6.49. The molecule has 2 fully saturated rings. The molecule has 1 aromatic rings. The number of rotatable bonds is 2. The molecule has 1 aromatic heterocycles. The Morgan fingerprint density at radius 3 is 2.83 bits per heavy atom. The van der Waals surface area contributed by atoms with Gasteiger partial charge in [0.15, 0.2) is 0 Å². The zero-order chi connectivity index (χ0) is 8.18. The van der Waals surface area contributed by atoms with Crippen molar-refractivity contribution in [1.29, 1.82) is 0 Å². The van der Waals surface area contributed by atoms with Crippen LogP contribution >= 0.6 is 0 Å². The Morgan fingerprint density at radius 1 is 1.50 bits per heavy atom. The monoisotopic (exact) mass is 164 g/mol. The molecule has 2 N–H and O–H groups in total. The third kappa shape index (κ3) is 0.829.